The fourth-order valence-electron chi connectivity index (χ4n) is 2.46. The highest BCUT2D eigenvalue weighted by Gasteiger charge is 2.10. The first-order valence-corrected chi connectivity index (χ1v) is 10.4. The van der Waals surface area contributed by atoms with Gasteiger partial charge in [-0.1, -0.05) is 18.2 Å². The minimum Gasteiger partial charge on any atom is -0.495 e. The van der Waals surface area contributed by atoms with Gasteiger partial charge in [-0.3, -0.25) is 4.79 Å². The van der Waals surface area contributed by atoms with Gasteiger partial charge in [0.1, 0.15) is 5.75 Å². The number of carbonyl (C=O) groups is 1. The van der Waals surface area contributed by atoms with Crippen molar-refractivity contribution in [3.8, 4) is 5.75 Å². The zero-order chi connectivity index (χ0) is 22.3. The Labute approximate surface area is 175 Å². The van der Waals surface area contributed by atoms with Gasteiger partial charge in [-0.25, -0.2) is 13.6 Å². The first-order valence-electron chi connectivity index (χ1n) is 8.80. The van der Waals surface area contributed by atoms with Crippen molar-refractivity contribution in [1.82, 2.24) is 0 Å². The first-order chi connectivity index (χ1) is 14.1. The van der Waals surface area contributed by atoms with Crippen molar-refractivity contribution in [2.45, 2.75) is 11.8 Å². The predicted molar refractivity (Wildman–Crippen MR) is 119 cm³/mol. The van der Waals surface area contributed by atoms with Gasteiger partial charge in [-0.05, 0) is 55.0 Å². The standard InChI is InChI=1S/C15H16N2O2.C6H8N2O2S/c1-10-8-12(16)14(19-2)9-13(10)17-15(18)11-6-4-3-5-7-11;7-5-1-3-6(4-2-5)11(8,9)10/h3-9H,16H2,1-2H3,(H,17,18);1-4H,7H2,(H2,8,9,10). The molecule has 8 nitrogen and oxygen atoms in total. The van der Waals surface area contributed by atoms with E-state index in [0.717, 1.165) is 5.56 Å². The van der Waals surface area contributed by atoms with Gasteiger partial charge in [0.05, 0.1) is 17.7 Å². The van der Waals surface area contributed by atoms with Crippen LogP contribution in [0.3, 0.4) is 0 Å². The maximum absolute atomic E-state index is 12.1. The molecule has 0 fully saturated rings. The molecule has 0 saturated carbocycles. The van der Waals surface area contributed by atoms with Crippen molar-refractivity contribution in [3.05, 3.63) is 77.9 Å². The summed E-state index contributed by atoms with van der Waals surface area (Å²) in [4.78, 5) is 12.1. The third-order valence-electron chi connectivity index (χ3n) is 4.07. The molecular formula is C21H24N4O4S. The van der Waals surface area contributed by atoms with Crippen molar-refractivity contribution in [3.63, 3.8) is 0 Å². The number of hydrogen-bond donors (Lipinski definition) is 4. The van der Waals surface area contributed by atoms with Crippen LogP contribution < -0.4 is 26.7 Å². The van der Waals surface area contributed by atoms with Crippen LogP contribution >= 0.6 is 0 Å². The second kappa shape index (κ2) is 9.77. The topological polar surface area (TPSA) is 151 Å². The molecule has 158 valence electrons. The van der Waals surface area contributed by atoms with E-state index in [9.17, 15) is 13.2 Å². The third kappa shape index (κ3) is 6.23. The summed E-state index contributed by atoms with van der Waals surface area (Å²) in [5, 5.41) is 7.69. The molecule has 3 rings (SSSR count). The minimum atomic E-state index is -3.58. The van der Waals surface area contributed by atoms with E-state index in [0.29, 0.717) is 28.4 Å². The van der Waals surface area contributed by atoms with Crippen LogP contribution in [0.25, 0.3) is 0 Å². The van der Waals surface area contributed by atoms with Gasteiger partial charge in [-0.2, -0.15) is 0 Å². The number of aryl methyl sites for hydroxylation is 1. The van der Waals surface area contributed by atoms with Crippen molar-refractivity contribution in [1.29, 1.82) is 0 Å². The summed E-state index contributed by atoms with van der Waals surface area (Å²) >= 11 is 0. The van der Waals surface area contributed by atoms with Crippen LogP contribution in [-0.4, -0.2) is 21.4 Å². The molecule has 3 aromatic carbocycles. The van der Waals surface area contributed by atoms with Gasteiger partial charge in [0.2, 0.25) is 10.0 Å². The van der Waals surface area contributed by atoms with Crippen molar-refractivity contribution in [2.75, 3.05) is 23.9 Å². The molecule has 0 unspecified atom stereocenters. The Morgan fingerprint density at radius 1 is 0.967 bits per heavy atom. The molecule has 0 spiro atoms. The molecule has 9 heteroatoms. The maximum Gasteiger partial charge on any atom is 0.255 e. The second-order valence-electron chi connectivity index (χ2n) is 6.34. The average molecular weight is 429 g/mol. The number of anilines is 3. The highest BCUT2D eigenvalue weighted by atomic mass is 32.2. The van der Waals surface area contributed by atoms with Crippen LogP contribution in [0.2, 0.25) is 0 Å². The molecule has 3 aromatic rings. The van der Waals surface area contributed by atoms with Crippen LogP contribution in [0.5, 0.6) is 5.75 Å². The van der Waals surface area contributed by atoms with E-state index in [1.54, 1.807) is 31.4 Å². The molecule has 0 radical (unpaired) electrons. The van der Waals surface area contributed by atoms with Crippen molar-refractivity contribution >= 4 is 33.0 Å². The van der Waals surface area contributed by atoms with E-state index in [4.69, 9.17) is 21.3 Å². The highest BCUT2D eigenvalue weighted by Crippen LogP contribution is 2.29. The number of nitrogens with one attached hydrogen (secondary N) is 1. The number of carbonyl (C=O) groups excluding carboxylic acids is 1. The van der Waals surface area contributed by atoms with Crippen molar-refractivity contribution < 1.29 is 17.9 Å². The number of benzene rings is 3. The molecule has 0 heterocycles. The smallest absolute Gasteiger partial charge is 0.255 e. The largest absolute Gasteiger partial charge is 0.495 e. The Kier molecular flexibility index (Phi) is 7.40. The molecule has 0 bridgehead atoms. The summed E-state index contributed by atoms with van der Waals surface area (Å²) < 4.78 is 26.5. The zero-order valence-corrected chi connectivity index (χ0v) is 17.4. The van der Waals surface area contributed by atoms with Gasteiger partial charge >= 0.3 is 0 Å². The molecule has 0 aromatic heterocycles. The van der Waals surface area contributed by atoms with Crippen LogP contribution in [0.15, 0.2) is 71.6 Å². The number of sulfonamides is 1. The highest BCUT2D eigenvalue weighted by molar-refractivity contribution is 7.89. The summed E-state index contributed by atoms with van der Waals surface area (Å²) in [6, 6.07) is 18.3. The number of ether oxygens (including phenoxy) is 1. The molecule has 0 aliphatic carbocycles. The summed E-state index contributed by atoms with van der Waals surface area (Å²) in [5.41, 5.74) is 14.4. The van der Waals surface area contributed by atoms with Crippen LogP contribution in [0.1, 0.15) is 15.9 Å². The van der Waals surface area contributed by atoms with Crippen LogP contribution in [0.4, 0.5) is 17.1 Å². The molecule has 0 aliphatic rings. The van der Waals surface area contributed by atoms with E-state index in [2.05, 4.69) is 5.32 Å². The fourth-order valence-corrected chi connectivity index (χ4v) is 2.98. The fraction of sp³-hybridized carbons (Fsp3) is 0.0952. The lowest BCUT2D eigenvalue weighted by molar-refractivity contribution is 0.102. The van der Waals surface area contributed by atoms with E-state index in [1.807, 2.05) is 25.1 Å². The molecule has 7 N–H and O–H groups in total. The lowest BCUT2D eigenvalue weighted by Gasteiger charge is -2.12. The Morgan fingerprint density at radius 2 is 1.57 bits per heavy atom. The molecule has 1 amide bonds. The Balaban J connectivity index is 0.000000248. The number of hydrogen-bond acceptors (Lipinski definition) is 6. The van der Waals surface area contributed by atoms with Crippen molar-refractivity contribution in [2.24, 2.45) is 5.14 Å². The van der Waals surface area contributed by atoms with Gasteiger partial charge in [0.25, 0.3) is 5.91 Å². The summed E-state index contributed by atoms with van der Waals surface area (Å²) in [7, 11) is -2.03. The maximum atomic E-state index is 12.1. The lowest BCUT2D eigenvalue weighted by atomic mass is 10.1. The molecular weight excluding hydrogens is 404 g/mol. The molecule has 30 heavy (non-hydrogen) atoms. The van der Waals surface area contributed by atoms with E-state index in [-0.39, 0.29) is 10.8 Å². The Hall–Kier alpha value is -3.56. The van der Waals surface area contributed by atoms with Gasteiger partial charge in [0, 0.05) is 23.0 Å². The number of amides is 1. The van der Waals surface area contributed by atoms with Gasteiger partial charge < -0.3 is 21.5 Å². The number of nitrogens with two attached hydrogens (primary N) is 3. The monoisotopic (exact) mass is 428 g/mol. The number of primary sulfonamides is 1. The number of rotatable bonds is 4. The molecule has 0 atom stereocenters. The first kappa shape index (κ1) is 22.7. The van der Waals surface area contributed by atoms with E-state index < -0.39 is 10.0 Å². The third-order valence-corrected chi connectivity index (χ3v) is 5.00. The molecule has 0 aliphatic heterocycles. The minimum absolute atomic E-state index is 0.0756. The average Bonchev–Trinajstić information content (AvgIpc) is 2.70. The van der Waals surface area contributed by atoms with Crippen LogP contribution in [0, 0.1) is 6.92 Å². The van der Waals surface area contributed by atoms with Gasteiger partial charge in [-0.15, -0.1) is 0 Å². The normalized spacial score (nSPS) is 10.5. The number of methoxy groups -OCH3 is 1. The van der Waals surface area contributed by atoms with E-state index >= 15 is 0 Å². The SMILES string of the molecule is COc1cc(NC(=O)c2ccccc2)c(C)cc1N.Nc1ccc(S(N)(=O)=O)cc1. The van der Waals surface area contributed by atoms with Crippen LogP contribution in [-0.2, 0) is 10.0 Å². The Bertz CT molecular complexity index is 1120. The van der Waals surface area contributed by atoms with E-state index in [1.165, 1.54) is 24.3 Å². The summed E-state index contributed by atoms with van der Waals surface area (Å²) in [6.45, 7) is 1.89. The second-order valence-corrected chi connectivity index (χ2v) is 7.90. The summed E-state index contributed by atoms with van der Waals surface area (Å²) in [5.74, 6) is 0.393. The quantitative estimate of drug-likeness (QED) is 0.469. The zero-order valence-electron chi connectivity index (χ0n) is 16.6. The Morgan fingerprint density at radius 3 is 2.10 bits per heavy atom. The molecule has 0 saturated heterocycles. The number of nitrogen functional groups attached to an aromatic ring is 2. The summed E-state index contributed by atoms with van der Waals surface area (Å²) in [6.07, 6.45) is 0. The van der Waals surface area contributed by atoms with Gasteiger partial charge in [0.15, 0.2) is 0 Å². The lowest BCUT2D eigenvalue weighted by Crippen LogP contribution is -2.13. The predicted octanol–water partition coefficient (Wildman–Crippen LogP) is 2.75.